The molecule has 0 aromatic heterocycles. The van der Waals surface area contributed by atoms with Crippen molar-refractivity contribution in [2.45, 2.75) is 24.8 Å². The van der Waals surface area contributed by atoms with E-state index in [1.54, 1.807) is 13.2 Å². The van der Waals surface area contributed by atoms with Gasteiger partial charge in [0.2, 0.25) is 0 Å². The van der Waals surface area contributed by atoms with E-state index in [2.05, 4.69) is 10.6 Å². The van der Waals surface area contributed by atoms with E-state index in [-0.39, 0.29) is 17.5 Å². The number of rotatable bonds is 3. The quantitative estimate of drug-likeness (QED) is 0.568. The predicted molar refractivity (Wildman–Crippen MR) is 120 cm³/mol. The van der Waals surface area contributed by atoms with Gasteiger partial charge >= 0.3 is 0 Å². The van der Waals surface area contributed by atoms with Gasteiger partial charge in [-0.1, -0.05) is 36.4 Å². The summed E-state index contributed by atoms with van der Waals surface area (Å²) in [5, 5.41) is 6.98. The standard InChI is InChI=1S/C26H23FN2O2/c1-31-20-11-9-16(10-12-20)18-14-23-25(24(30)15-18)26(17-5-4-6-19(27)13-17)29-22-8-3-2-7-21(22)28-23/h2-13,18,26,28-29H,14-15H2,1H3/t18-,26+/m0/s1. The molecule has 1 aliphatic heterocycles. The van der Waals surface area contributed by atoms with Gasteiger partial charge in [0.15, 0.2) is 5.78 Å². The lowest BCUT2D eigenvalue weighted by molar-refractivity contribution is -0.116. The third-order valence-electron chi connectivity index (χ3n) is 6.08. The molecule has 2 N–H and O–H groups in total. The van der Waals surface area contributed by atoms with E-state index < -0.39 is 6.04 Å². The number of ketones is 1. The summed E-state index contributed by atoms with van der Waals surface area (Å²) < 4.78 is 19.3. The zero-order valence-corrected chi connectivity index (χ0v) is 17.2. The number of hydrogen-bond donors (Lipinski definition) is 2. The molecule has 3 aromatic rings. The van der Waals surface area contributed by atoms with Crippen molar-refractivity contribution in [2.24, 2.45) is 0 Å². The number of fused-ring (bicyclic) bond motifs is 1. The number of para-hydroxylation sites is 2. The molecule has 2 aliphatic rings. The highest BCUT2D eigenvalue weighted by Crippen LogP contribution is 2.44. The number of hydrogen-bond acceptors (Lipinski definition) is 4. The fourth-order valence-electron chi connectivity index (χ4n) is 4.54. The molecule has 0 fully saturated rings. The highest BCUT2D eigenvalue weighted by molar-refractivity contribution is 6.01. The average molecular weight is 414 g/mol. The van der Waals surface area contributed by atoms with Gasteiger partial charge in [-0.3, -0.25) is 4.79 Å². The molecule has 3 aromatic carbocycles. The Hall–Kier alpha value is -3.60. The van der Waals surface area contributed by atoms with Crippen LogP contribution in [0.2, 0.25) is 0 Å². The smallest absolute Gasteiger partial charge is 0.163 e. The summed E-state index contributed by atoms with van der Waals surface area (Å²) in [5.41, 5.74) is 5.23. The number of allylic oxidation sites excluding steroid dienone is 1. The minimum Gasteiger partial charge on any atom is -0.497 e. The normalized spacial score (nSPS) is 20.1. The Morgan fingerprint density at radius 1 is 0.903 bits per heavy atom. The fraction of sp³-hybridized carbons (Fsp3) is 0.192. The first-order valence-electron chi connectivity index (χ1n) is 10.4. The first-order valence-corrected chi connectivity index (χ1v) is 10.4. The minimum atomic E-state index is -0.411. The van der Waals surface area contributed by atoms with Gasteiger partial charge in [0.25, 0.3) is 0 Å². The number of ether oxygens (including phenoxy) is 1. The van der Waals surface area contributed by atoms with E-state index in [1.807, 2.05) is 54.6 Å². The lowest BCUT2D eigenvalue weighted by Gasteiger charge is -2.30. The zero-order chi connectivity index (χ0) is 21.4. The summed E-state index contributed by atoms with van der Waals surface area (Å²) in [7, 11) is 1.64. The van der Waals surface area contributed by atoms with Crippen LogP contribution in [0.1, 0.15) is 35.9 Å². The molecular weight excluding hydrogens is 391 g/mol. The van der Waals surface area contributed by atoms with Gasteiger partial charge in [0.1, 0.15) is 11.6 Å². The number of benzene rings is 3. The summed E-state index contributed by atoms with van der Waals surface area (Å²) in [5.74, 6) is 0.626. The van der Waals surface area contributed by atoms with Crippen molar-refractivity contribution in [3.8, 4) is 5.75 Å². The Kier molecular flexibility index (Phi) is 4.94. The average Bonchev–Trinajstić information content (AvgIpc) is 2.96. The molecule has 0 saturated heterocycles. The molecule has 0 saturated carbocycles. The second-order valence-electron chi connectivity index (χ2n) is 8.00. The van der Waals surface area contributed by atoms with E-state index in [1.165, 1.54) is 12.1 Å². The zero-order valence-electron chi connectivity index (χ0n) is 17.2. The first-order chi connectivity index (χ1) is 15.1. The SMILES string of the molecule is COc1ccc([C@@H]2CC(=O)C3=C(C2)Nc2ccccc2N[C@@H]3c2cccc(F)c2)cc1. The number of halogens is 1. The van der Waals surface area contributed by atoms with E-state index in [9.17, 15) is 9.18 Å². The molecule has 0 bridgehead atoms. The Bertz CT molecular complexity index is 1170. The van der Waals surface area contributed by atoms with Crippen molar-refractivity contribution in [1.82, 2.24) is 0 Å². The van der Waals surface area contributed by atoms with Crippen molar-refractivity contribution in [1.29, 1.82) is 0 Å². The van der Waals surface area contributed by atoms with Gasteiger partial charge in [-0.2, -0.15) is 0 Å². The third kappa shape index (κ3) is 3.67. The van der Waals surface area contributed by atoms with E-state index >= 15 is 0 Å². The van der Waals surface area contributed by atoms with Crippen molar-refractivity contribution in [3.63, 3.8) is 0 Å². The van der Waals surface area contributed by atoms with Crippen molar-refractivity contribution in [2.75, 3.05) is 17.7 Å². The van der Waals surface area contributed by atoms with Crippen LogP contribution in [0.3, 0.4) is 0 Å². The van der Waals surface area contributed by atoms with E-state index in [0.717, 1.165) is 33.9 Å². The van der Waals surface area contributed by atoms with Gasteiger partial charge in [0, 0.05) is 17.7 Å². The van der Waals surface area contributed by atoms with Gasteiger partial charge in [-0.25, -0.2) is 4.39 Å². The Morgan fingerprint density at radius 3 is 2.42 bits per heavy atom. The van der Waals surface area contributed by atoms with Crippen LogP contribution in [0.5, 0.6) is 5.75 Å². The Balaban J connectivity index is 1.58. The summed E-state index contributed by atoms with van der Waals surface area (Å²) in [6.45, 7) is 0. The highest BCUT2D eigenvalue weighted by atomic mass is 19.1. The van der Waals surface area contributed by atoms with E-state index in [0.29, 0.717) is 18.4 Å². The maximum absolute atomic E-state index is 14.0. The molecule has 5 rings (SSSR count). The summed E-state index contributed by atoms with van der Waals surface area (Å²) in [4.78, 5) is 13.5. The summed E-state index contributed by atoms with van der Waals surface area (Å²) in [6, 6.07) is 21.8. The third-order valence-corrected chi connectivity index (χ3v) is 6.08. The fourth-order valence-corrected chi connectivity index (χ4v) is 4.54. The molecule has 0 amide bonds. The molecule has 0 unspecified atom stereocenters. The predicted octanol–water partition coefficient (Wildman–Crippen LogP) is 5.81. The molecule has 1 aliphatic carbocycles. The summed E-state index contributed by atoms with van der Waals surface area (Å²) >= 11 is 0. The Morgan fingerprint density at radius 2 is 1.68 bits per heavy atom. The van der Waals surface area contributed by atoms with Crippen LogP contribution in [0, 0.1) is 5.82 Å². The van der Waals surface area contributed by atoms with Crippen molar-refractivity contribution < 1.29 is 13.9 Å². The molecule has 0 radical (unpaired) electrons. The van der Waals surface area contributed by atoms with Crippen LogP contribution in [-0.2, 0) is 4.79 Å². The maximum Gasteiger partial charge on any atom is 0.163 e. The van der Waals surface area contributed by atoms with Crippen molar-refractivity contribution in [3.05, 3.63) is 101 Å². The number of nitrogens with one attached hydrogen (secondary N) is 2. The summed E-state index contributed by atoms with van der Waals surface area (Å²) in [6.07, 6.45) is 1.12. The topological polar surface area (TPSA) is 50.4 Å². The van der Waals surface area contributed by atoms with Crippen LogP contribution in [-0.4, -0.2) is 12.9 Å². The van der Waals surface area contributed by atoms with Crippen LogP contribution in [0.15, 0.2) is 84.1 Å². The molecule has 5 heteroatoms. The molecular formula is C26H23FN2O2. The molecule has 4 nitrogen and oxygen atoms in total. The van der Waals surface area contributed by atoms with Crippen molar-refractivity contribution >= 4 is 17.2 Å². The second kappa shape index (κ2) is 7.91. The number of methoxy groups -OCH3 is 1. The number of carbonyl (C=O) groups is 1. The first kappa shape index (κ1) is 19.4. The molecule has 2 atom stereocenters. The monoisotopic (exact) mass is 414 g/mol. The number of anilines is 2. The van der Waals surface area contributed by atoms with Gasteiger partial charge < -0.3 is 15.4 Å². The number of carbonyl (C=O) groups excluding carboxylic acids is 1. The molecule has 156 valence electrons. The Labute approximate surface area is 180 Å². The molecule has 31 heavy (non-hydrogen) atoms. The van der Waals surface area contributed by atoms with Gasteiger partial charge in [-0.15, -0.1) is 0 Å². The lowest BCUT2D eigenvalue weighted by atomic mass is 9.78. The van der Waals surface area contributed by atoms with Crippen LogP contribution in [0.25, 0.3) is 0 Å². The van der Waals surface area contributed by atoms with Gasteiger partial charge in [-0.05, 0) is 59.9 Å². The lowest BCUT2D eigenvalue weighted by Crippen LogP contribution is -2.26. The van der Waals surface area contributed by atoms with Crippen LogP contribution >= 0.6 is 0 Å². The maximum atomic E-state index is 14.0. The number of Topliss-reactive ketones (excluding diaryl/α,β-unsaturated/α-hetero) is 1. The second-order valence-corrected chi connectivity index (χ2v) is 8.00. The molecule has 1 heterocycles. The van der Waals surface area contributed by atoms with Crippen LogP contribution in [0.4, 0.5) is 15.8 Å². The minimum absolute atomic E-state index is 0.0723. The molecule has 0 spiro atoms. The largest absolute Gasteiger partial charge is 0.497 e. The van der Waals surface area contributed by atoms with Crippen LogP contribution < -0.4 is 15.4 Å². The highest BCUT2D eigenvalue weighted by Gasteiger charge is 2.36. The van der Waals surface area contributed by atoms with Gasteiger partial charge in [0.05, 0.1) is 24.5 Å². The van der Waals surface area contributed by atoms with E-state index in [4.69, 9.17) is 4.74 Å².